The minimum atomic E-state index is -3.76. The number of anilines is 2. The van der Waals surface area contributed by atoms with E-state index in [4.69, 9.17) is 10.9 Å². The minimum absolute atomic E-state index is 0.161. The fourth-order valence-corrected chi connectivity index (χ4v) is 3.79. The molecule has 1 saturated carbocycles. The first kappa shape index (κ1) is 17.4. The number of nitrogens with one attached hydrogen (secondary N) is 1. The van der Waals surface area contributed by atoms with Gasteiger partial charge in [0.1, 0.15) is 0 Å². The van der Waals surface area contributed by atoms with Crippen LogP contribution in [0.25, 0.3) is 10.9 Å². The van der Waals surface area contributed by atoms with Crippen molar-refractivity contribution in [2.75, 3.05) is 5.32 Å². The first-order valence-corrected chi connectivity index (χ1v) is 9.86. The van der Waals surface area contributed by atoms with E-state index in [9.17, 15) is 13.2 Å². The first-order valence-electron chi connectivity index (χ1n) is 8.31. The number of carbonyl (C=O) groups excluding carboxylic acids is 1. The van der Waals surface area contributed by atoms with Gasteiger partial charge in [0.05, 0.1) is 10.4 Å². The topological polar surface area (TPSA) is 141 Å². The molecule has 1 aliphatic carbocycles. The number of benzene rings is 2. The number of aromatic nitrogens is 2. The Labute approximate surface area is 155 Å². The van der Waals surface area contributed by atoms with Crippen molar-refractivity contribution >= 4 is 38.5 Å². The number of nitrogens with zero attached hydrogens (tertiary/aromatic N) is 2. The highest BCUT2D eigenvalue weighted by Gasteiger charge is 2.29. The summed E-state index contributed by atoms with van der Waals surface area (Å²) in [5.74, 6) is 0.0610. The third kappa shape index (κ3) is 3.60. The minimum Gasteiger partial charge on any atom is -0.366 e. The quantitative estimate of drug-likeness (QED) is 0.615. The van der Waals surface area contributed by atoms with Crippen LogP contribution in [-0.2, 0) is 10.0 Å². The molecule has 0 unspecified atom stereocenters. The van der Waals surface area contributed by atoms with Crippen LogP contribution >= 0.6 is 0 Å². The summed E-state index contributed by atoms with van der Waals surface area (Å²) in [6, 6.07) is 9.85. The molecule has 0 saturated heterocycles. The van der Waals surface area contributed by atoms with E-state index in [1.54, 1.807) is 36.5 Å². The summed E-state index contributed by atoms with van der Waals surface area (Å²) >= 11 is 0. The number of fused-ring (bicyclic) bond motifs is 1. The smallest absolute Gasteiger partial charge is 0.248 e. The lowest BCUT2D eigenvalue weighted by Gasteiger charge is -2.11. The first-order chi connectivity index (χ1) is 12.8. The van der Waals surface area contributed by atoms with Gasteiger partial charge in [0.2, 0.25) is 21.9 Å². The van der Waals surface area contributed by atoms with Crippen LogP contribution in [0.15, 0.2) is 47.5 Å². The van der Waals surface area contributed by atoms with E-state index >= 15 is 0 Å². The van der Waals surface area contributed by atoms with Crippen LogP contribution in [0.4, 0.5) is 11.6 Å². The van der Waals surface area contributed by atoms with Gasteiger partial charge in [-0.05, 0) is 60.7 Å². The molecule has 1 amide bonds. The molecule has 0 spiro atoms. The summed E-state index contributed by atoms with van der Waals surface area (Å²) in [5.41, 5.74) is 7.72. The van der Waals surface area contributed by atoms with Crippen LogP contribution in [0, 0.1) is 0 Å². The average molecular weight is 383 g/mol. The fraction of sp³-hybridized carbons (Fsp3) is 0.167. The van der Waals surface area contributed by atoms with Crippen LogP contribution < -0.4 is 16.2 Å². The maximum atomic E-state index is 11.8. The Morgan fingerprint density at radius 2 is 1.93 bits per heavy atom. The zero-order chi connectivity index (χ0) is 19.2. The SMILES string of the molecule is NC(=O)c1ccc2nc(Nc3ccc(S(N)(=O)=O)c(C4CC4)c3)ncc2c1. The lowest BCUT2D eigenvalue weighted by Crippen LogP contribution is -2.14. The van der Waals surface area contributed by atoms with E-state index < -0.39 is 15.9 Å². The molecule has 0 bridgehead atoms. The number of amides is 1. The maximum absolute atomic E-state index is 11.8. The molecule has 1 fully saturated rings. The van der Waals surface area contributed by atoms with Gasteiger partial charge in [0.15, 0.2) is 0 Å². The summed E-state index contributed by atoms with van der Waals surface area (Å²) < 4.78 is 23.6. The van der Waals surface area contributed by atoms with Crippen LogP contribution in [0.5, 0.6) is 0 Å². The molecule has 0 radical (unpaired) electrons. The molecule has 5 N–H and O–H groups in total. The molecule has 2 aromatic carbocycles. The second-order valence-electron chi connectivity index (χ2n) is 6.53. The Morgan fingerprint density at radius 3 is 2.59 bits per heavy atom. The Hall–Kier alpha value is -3.04. The highest BCUT2D eigenvalue weighted by Crippen LogP contribution is 2.43. The van der Waals surface area contributed by atoms with Gasteiger partial charge in [0.25, 0.3) is 0 Å². The Morgan fingerprint density at radius 1 is 1.15 bits per heavy atom. The highest BCUT2D eigenvalue weighted by molar-refractivity contribution is 7.89. The van der Waals surface area contributed by atoms with Crippen molar-refractivity contribution in [3.63, 3.8) is 0 Å². The Bertz CT molecular complexity index is 1170. The molecule has 0 atom stereocenters. The molecule has 9 heteroatoms. The lowest BCUT2D eigenvalue weighted by molar-refractivity contribution is 0.100. The van der Waals surface area contributed by atoms with Gasteiger partial charge in [-0.1, -0.05) is 0 Å². The number of primary sulfonamides is 1. The zero-order valence-electron chi connectivity index (χ0n) is 14.2. The second-order valence-corrected chi connectivity index (χ2v) is 8.06. The number of primary amides is 1. The number of carbonyl (C=O) groups is 1. The van der Waals surface area contributed by atoms with Gasteiger partial charge in [-0.3, -0.25) is 4.79 Å². The summed E-state index contributed by atoms with van der Waals surface area (Å²) in [6.07, 6.45) is 3.49. The van der Waals surface area contributed by atoms with Crippen molar-refractivity contribution in [3.05, 3.63) is 53.7 Å². The normalized spacial score (nSPS) is 14.3. The van der Waals surface area contributed by atoms with Crippen molar-refractivity contribution < 1.29 is 13.2 Å². The number of sulfonamides is 1. The van der Waals surface area contributed by atoms with Gasteiger partial charge in [0, 0.05) is 22.8 Å². The third-order valence-corrected chi connectivity index (χ3v) is 5.44. The molecule has 4 rings (SSSR count). The van der Waals surface area contributed by atoms with E-state index in [2.05, 4.69) is 15.3 Å². The predicted molar refractivity (Wildman–Crippen MR) is 101 cm³/mol. The molecule has 3 aromatic rings. The largest absolute Gasteiger partial charge is 0.366 e. The van der Waals surface area contributed by atoms with Crippen LogP contribution in [0.3, 0.4) is 0 Å². The van der Waals surface area contributed by atoms with E-state index in [0.29, 0.717) is 28.1 Å². The van der Waals surface area contributed by atoms with Crippen molar-refractivity contribution in [3.8, 4) is 0 Å². The monoisotopic (exact) mass is 383 g/mol. The molecule has 1 aromatic heterocycles. The van der Waals surface area contributed by atoms with Crippen molar-refractivity contribution in [1.29, 1.82) is 0 Å². The number of rotatable bonds is 5. The standard InChI is InChI=1S/C18H17N5O3S/c19-17(24)11-3-5-15-12(7-11)9-21-18(23-15)22-13-4-6-16(27(20,25)26)14(8-13)10-1-2-10/h3-10H,1-2H2,(H2,19,24)(H2,20,25,26)(H,21,22,23). The zero-order valence-corrected chi connectivity index (χ0v) is 15.0. The Balaban J connectivity index is 1.66. The molecule has 1 aliphatic rings. The molecule has 27 heavy (non-hydrogen) atoms. The molecule has 0 aliphatic heterocycles. The summed E-state index contributed by atoms with van der Waals surface area (Å²) in [5, 5.41) is 9.10. The van der Waals surface area contributed by atoms with Gasteiger partial charge >= 0.3 is 0 Å². The molecule has 138 valence electrons. The van der Waals surface area contributed by atoms with Crippen LogP contribution in [0.2, 0.25) is 0 Å². The second kappa shape index (κ2) is 6.29. The number of hydrogen-bond acceptors (Lipinski definition) is 6. The van der Waals surface area contributed by atoms with Crippen molar-refractivity contribution in [1.82, 2.24) is 9.97 Å². The average Bonchev–Trinajstić information content (AvgIpc) is 3.45. The fourth-order valence-electron chi connectivity index (χ4n) is 2.97. The van der Waals surface area contributed by atoms with E-state index in [0.717, 1.165) is 18.4 Å². The molecule has 8 nitrogen and oxygen atoms in total. The van der Waals surface area contributed by atoms with Crippen molar-refractivity contribution in [2.45, 2.75) is 23.7 Å². The van der Waals surface area contributed by atoms with Gasteiger partial charge in [-0.2, -0.15) is 0 Å². The molecular formula is C18H17N5O3S. The third-order valence-electron chi connectivity index (χ3n) is 4.45. The van der Waals surface area contributed by atoms with Crippen molar-refractivity contribution in [2.24, 2.45) is 10.9 Å². The predicted octanol–water partition coefficient (Wildman–Crippen LogP) is 2.00. The molecule has 1 heterocycles. The Kier molecular flexibility index (Phi) is 4.05. The number of hydrogen-bond donors (Lipinski definition) is 3. The number of nitrogens with two attached hydrogens (primary N) is 2. The van der Waals surface area contributed by atoms with Crippen LogP contribution in [-0.4, -0.2) is 24.3 Å². The summed E-state index contributed by atoms with van der Waals surface area (Å²) in [6.45, 7) is 0. The van der Waals surface area contributed by atoms with Gasteiger partial charge in [-0.15, -0.1) is 0 Å². The van der Waals surface area contributed by atoms with Gasteiger partial charge in [-0.25, -0.2) is 23.5 Å². The molecular weight excluding hydrogens is 366 g/mol. The maximum Gasteiger partial charge on any atom is 0.248 e. The van der Waals surface area contributed by atoms with E-state index in [-0.39, 0.29) is 10.8 Å². The summed E-state index contributed by atoms with van der Waals surface area (Å²) in [7, 11) is -3.76. The highest BCUT2D eigenvalue weighted by atomic mass is 32.2. The summed E-state index contributed by atoms with van der Waals surface area (Å²) in [4.78, 5) is 20.1. The van der Waals surface area contributed by atoms with Gasteiger partial charge < -0.3 is 11.1 Å². The van der Waals surface area contributed by atoms with E-state index in [1.807, 2.05) is 0 Å². The van der Waals surface area contributed by atoms with Crippen LogP contribution in [0.1, 0.15) is 34.7 Å². The lowest BCUT2D eigenvalue weighted by atomic mass is 10.1. The van der Waals surface area contributed by atoms with E-state index in [1.165, 1.54) is 6.07 Å².